The van der Waals surface area contributed by atoms with Gasteiger partial charge in [0.2, 0.25) is 0 Å². The number of hydrogen-bond acceptors (Lipinski definition) is 1. The first-order valence-corrected chi connectivity index (χ1v) is 12.0. The molecular weight excluding hydrogens is 402 g/mol. The van der Waals surface area contributed by atoms with Gasteiger partial charge >= 0.3 is 0 Å². The van der Waals surface area contributed by atoms with Crippen molar-refractivity contribution in [1.82, 2.24) is 0 Å². The standard InChI is InChI=1S/C21H32NOP.Y/c1-5-24(12-8-6-7-9-13-24)21(10-11-21)20(23)22-19-17(3)14-16(2)15-18(19)4;/h14-15H,5-13H2,1-4H3;/p+1. The molecule has 135 valence electrons. The molecule has 0 bridgehead atoms. The van der Waals surface area contributed by atoms with Crippen molar-refractivity contribution >= 4 is 18.9 Å². The van der Waals surface area contributed by atoms with E-state index in [9.17, 15) is 4.79 Å². The van der Waals surface area contributed by atoms with Crippen LogP contribution in [-0.2, 0) is 37.5 Å². The molecule has 1 aromatic carbocycles. The first kappa shape index (κ1) is 21.5. The van der Waals surface area contributed by atoms with Crippen LogP contribution in [0.4, 0.5) is 5.69 Å². The monoisotopic (exact) mass is 435 g/mol. The number of rotatable bonds is 4. The summed E-state index contributed by atoms with van der Waals surface area (Å²) in [6.07, 6.45) is 11.6. The van der Waals surface area contributed by atoms with Crippen LogP contribution in [0.5, 0.6) is 0 Å². The summed E-state index contributed by atoms with van der Waals surface area (Å²) in [7, 11) is -1.15. The molecule has 1 aromatic rings. The zero-order chi connectivity index (χ0) is 17.4. The Morgan fingerprint density at radius 1 is 1.04 bits per heavy atom. The van der Waals surface area contributed by atoms with E-state index in [1.165, 1.54) is 60.9 Å². The molecule has 1 saturated carbocycles. The van der Waals surface area contributed by atoms with Crippen LogP contribution in [0.15, 0.2) is 12.1 Å². The van der Waals surface area contributed by atoms with Crippen LogP contribution in [0.2, 0.25) is 0 Å². The molecule has 2 fully saturated rings. The molecule has 0 atom stereocenters. The second-order valence-corrected chi connectivity index (χ2v) is 12.8. The van der Waals surface area contributed by atoms with Gasteiger partial charge < -0.3 is 5.32 Å². The van der Waals surface area contributed by atoms with Crippen LogP contribution in [-0.4, -0.2) is 29.5 Å². The van der Waals surface area contributed by atoms with Crippen molar-refractivity contribution in [3.05, 3.63) is 28.8 Å². The molecule has 2 aliphatic rings. The maximum Gasteiger partial charge on any atom is 0.268 e. The molecular formula is C21H33NOPY+. The number of aryl methyl sites for hydroxylation is 3. The molecule has 0 aromatic heterocycles. The number of amides is 1. The van der Waals surface area contributed by atoms with E-state index in [1.807, 2.05) is 0 Å². The Balaban J connectivity index is 0.00000225. The molecule has 0 unspecified atom stereocenters. The SMILES string of the molecule is CC[P+]1(C2(C(=O)Nc3c(C)cc(C)cc3C)CC2)CCCCCC1.[Y]. The zero-order valence-electron chi connectivity index (χ0n) is 16.5. The largest absolute Gasteiger partial charge is 0.322 e. The second-order valence-electron chi connectivity index (χ2n) is 8.08. The summed E-state index contributed by atoms with van der Waals surface area (Å²) >= 11 is 0. The normalized spacial score (nSPS) is 21.0. The maximum atomic E-state index is 13.4. The van der Waals surface area contributed by atoms with Crippen molar-refractivity contribution in [3.8, 4) is 0 Å². The van der Waals surface area contributed by atoms with Gasteiger partial charge in [-0.3, -0.25) is 4.79 Å². The third-order valence-corrected chi connectivity index (χ3v) is 12.5. The number of carbonyl (C=O) groups is 1. The smallest absolute Gasteiger partial charge is 0.268 e. The summed E-state index contributed by atoms with van der Waals surface area (Å²) in [6.45, 7) is 8.71. The molecule has 25 heavy (non-hydrogen) atoms. The van der Waals surface area contributed by atoms with Crippen molar-refractivity contribution in [2.75, 3.05) is 23.8 Å². The Bertz CT molecular complexity index is 608. The second kappa shape index (κ2) is 8.49. The van der Waals surface area contributed by atoms with Gasteiger partial charge in [0.1, 0.15) is 0 Å². The molecule has 1 heterocycles. The van der Waals surface area contributed by atoms with E-state index in [2.05, 4.69) is 45.1 Å². The van der Waals surface area contributed by atoms with Crippen LogP contribution >= 0.6 is 7.26 Å². The van der Waals surface area contributed by atoms with Gasteiger partial charge in [0, 0.05) is 58.5 Å². The summed E-state index contributed by atoms with van der Waals surface area (Å²) in [6, 6.07) is 4.36. The van der Waals surface area contributed by atoms with Gasteiger partial charge in [-0.1, -0.05) is 17.7 Å². The van der Waals surface area contributed by atoms with E-state index < -0.39 is 7.26 Å². The van der Waals surface area contributed by atoms with Crippen LogP contribution in [0.1, 0.15) is 62.1 Å². The minimum absolute atomic E-state index is 0. The van der Waals surface area contributed by atoms with E-state index >= 15 is 0 Å². The Labute approximate surface area is 179 Å². The van der Waals surface area contributed by atoms with Gasteiger partial charge in [-0.15, -0.1) is 0 Å². The van der Waals surface area contributed by atoms with Crippen LogP contribution in [0.25, 0.3) is 0 Å². The first-order valence-electron chi connectivity index (χ1n) is 9.70. The molecule has 1 amide bonds. The van der Waals surface area contributed by atoms with E-state index in [0.717, 1.165) is 18.5 Å². The fourth-order valence-corrected chi connectivity index (χ4v) is 10.5. The molecule has 1 radical (unpaired) electrons. The molecule has 1 N–H and O–H groups in total. The van der Waals surface area contributed by atoms with Crippen LogP contribution in [0, 0.1) is 20.8 Å². The Kier molecular flexibility index (Phi) is 7.31. The van der Waals surface area contributed by atoms with Gasteiger partial charge in [0.05, 0.1) is 18.5 Å². The van der Waals surface area contributed by atoms with E-state index in [0.29, 0.717) is 5.91 Å². The summed E-state index contributed by atoms with van der Waals surface area (Å²) in [4.78, 5) is 13.4. The molecule has 1 aliphatic carbocycles. The van der Waals surface area contributed by atoms with Gasteiger partial charge in [-0.2, -0.15) is 0 Å². The topological polar surface area (TPSA) is 29.1 Å². The molecule has 1 aliphatic heterocycles. The van der Waals surface area contributed by atoms with Crippen LogP contribution < -0.4 is 5.32 Å². The number of benzene rings is 1. The summed E-state index contributed by atoms with van der Waals surface area (Å²) in [5.74, 6) is 0.342. The van der Waals surface area contributed by atoms with E-state index in [-0.39, 0.29) is 37.9 Å². The molecule has 3 rings (SSSR count). The average Bonchev–Trinajstić information content (AvgIpc) is 3.34. The number of carbonyl (C=O) groups excluding carboxylic acids is 1. The van der Waals surface area contributed by atoms with Crippen molar-refractivity contribution in [2.24, 2.45) is 0 Å². The minimum atomic E-state index is -1.15. The Hall–Kier alpha value is 0.224. The third kappa shape index (κ3) is 4.07. The van der Waals surface area contributed by atoms with Crippen molar-refractivity contribution in [1.29, 1.82) is 0 Å². The fourth-order valence-electron chi connectivity index (χ4n) is 4.98. The molecule has 1 saturated heterocycles. The van der Waals surface area contributed by atoms with E-state index in [4.69, 9.17) is 0 Å². The fraction of sp³-hybridized carbons (Fsp3) is 0.667. The average molecular weight is 435 g/mol. The molecule has 0 spiro atoms. The van der Waals surface area contributed by atoms with E-state index in [1.54, 1.807) is 0 Å². The van der Waals surface area contributed by atoms with Gasteiger partial charge in [-0.25, -0.2) is 0 Å². The van der Waals surface area contributed by atoms with Crippen molar-refractivity contribution < 1.29 is 37.5 Å². The van der Waals surface area contributed by atoms with Gasteiger partial charge in [-0.05, 0) is 64.5 Å². The Morgan fingerprint density at radius 2 is 1.56 bits per heavy atom. The number of anilines is 1. The summed E-state index contributed by atoms with van der Waals surface area (Å²) in [5, 5.41) is 3.38. The van der Waals surface area contributed by atoms with Crippen molar-refractivity contribution in [2.45, 2.75) is 71.4 Å². The summed E-state index contributed by atoms with van der Waals surface area (Å²) < 4.78 is 0. The molecule has 4 heteroatoms. The predicted molar refractivity (Wildman–Crippen MR) is 107 cm³/mol. The quantitative estimate of drug-likeness (QED) is 0.605. The first-order chi connectivity index (χ1) is 11.4. The molecule has 2 nitrogen and oxygen atoms in total. The predicted octanol–water partition coefficient (Wildman–Crippen LogP) is 5.69. The van der Waals surface area contributed by atoms with Crippen LogP contribution in [0.3, 0.4) is 0 Å². The Morgan fingerprint density at radius 3 is 2.00 bits per heavy atom. The van der Waals surface area contributed by atoms with Crippen molar-refractivity contribution in [3.63, 3.8) is 0 Å². The summed E-state index contributed by atoms with van der Waals surface area (Å²) in [5.41, 5.74) is 4.72. The van der Waals surface area contributed by atoms with Gasteiger partial charge in [0.15, 0.2) is 5.16 Å². The number of hydrogen-bond donors (Lipinski definition) is 1. The third-order valence-electron chi connectivity index (χ3n) is 6.50. The number of nitrogens with one attached hydrogen (secondary N) is 1. The zero-order valence-corrected chi connectivity index (χ0v) is 20.2. The minimum Gasteiger partial charge on any atom is -0.322 e. The maximum absolute atomic E-state index is 13.4. The van der Waals surface area contributed by atoms with Gasteiger partial charge in [0.25, 0.3) is 5.91 Å².